The third kappa shape index (κ3) is 2.41. The summed E-state index contributed by atoms with van der Waals surface area (Å²) in [4.78, 5) is 3.84. The van der Waals surface area contributed by atoms with E-state index in [2.05, 4.69) is 10.1 Å². The van der Waals surface area contributed by atoms with Crippen LogP contribution in [0.4, 0.5) is 13.2 Å². The second-order valence-corrected chi connectivity index (χ2v) is 3.81. The van der Waals surface area contributed by atoms with Crippen LogP contribution in [0.2, 0.25) is 5.02 Å². The van der Waals surface area contributed by atoms with Crippen molar-refractivity contribution in [3.05, 3.63) is 40.9 Å². The van der Waals surface area contributed by atoms with Crippen molar-refractivity contribution in [1.29, 1.82) is 0 Å². The third-order valence-corrected chi connectivity index (χ3v) is 2.46. The highest BCUT2D eigenvalue weighted by molar-refractivity contribution is 6.31. The zero-order valence-electron chi connectivity index (χ0n) is 8.66. The standard InChI is InChI=1S/C10H7ClF3N3/c1-6-15-5-17(16-6)7-2-3-9(11)8(4-7)10(12,13)14/h2-5H,1H3. The Morgan fingerprint density at radius 2 is 2.00 bits per heavy atom. The summed E-state index contributed by atoms with van der Waals surface area (Å²) in [6.07, 6.45) is -3.14. The maximum atomic E-state index is 12.6. The van der Waals surface area contributed by atoms with Crippen LogP contribution in [0.15, 0.2) is 24.5 Å². The van der Waals surface area contributed by atoms with Crippen molar-refractivity contribution in [2.24, 2.45) is 0 Å². The van der Waals surface area contributed by atoms with Crippen LogP contribution in [-0.2, 0) is 6.18 Å². The quantitative estimate of drug-likeness (QED) is 0.789. The molecule has 1 heterocycles. The highest BCUT2D eigenvalue weighted by Gasteiger charge is 2.33. The number of hydrogen-bond donors (Lipinski definition) is 0. The summed E-state index contributed by atoms with van der Waals surface area (Å²) in [6.45, 7) is 1.65. The van der Waals surface area contributed by atoms with E-state index in [1.165, 1.54) is 23.1 Å². The first-order valence-corrected chi connectivity index (χ1v) is 5.01. The number of hydrogen-bond acceptors (Lipinski definition) is 2. The number of benzene rings is 1. The molecule has 2 rings (SSSR count). The lowest BCUT2D eigenvalue weighted by molar-refractivity contribution is -0.137. The summed E-state index contributed by atoms with van der Waals surface area (Å²) in [7, 11) is 0. The summed E-state index contributed by atoms with van der Waals surface area (Å²) in [5, 5.41) is 3.59. The first kappa shape index (κ1) is 11.9. The first-order valence-electron chi connectivity index (χ1n) is 4.63. The molecule has 0 unspecified atom stereocenters. The molecule has 3 nitrogen and oxygen atoms in total. The highest BCUT2D eigenvalue weighted by Crippen LogP contribution is 2.35. The monoisotopic (exact) mass is 261 g/mol. The van der Waals surface area contributed by atoms with Crippen molar-refractivity contribution in [3.8, 4) is 5.69 Å². The summed E-state index contributed by atoms with van der Waals surface area (Å²) in [5.74, 6) is 0.480. The Kier molecular flexibility index (Phi) is 2.82. The second kappa shape index (κ2) is 4.03. The SMILES string of the molecule is Cc1ncn(-c2ccc(Cl)c(C(F)(F)F)c2)n1. The average Bonchev–Trinajstić information content (AvgIpc) is 2.64. The van der Waals surface area contributed by atoms with Gasteiger partial charge in [-0.25, -0.2) is 9.67 Å². The van der Waals surface area contributed by atoms with Crippen molar-refractivity contribution < 1.29 is 13.2 Å². The minimum absolute atomic E-state index is 0.266. The number of rotatable bonds is 1. The Hall–Kier alpha value is -1.56. The van der Waals surface area contributed by atoms with Crippen molar-refractivity contribution in [2.45, 2.75) is 13.1 Å². The normalized spacial score (nSPS) is 11.8. The van der Waals surface area contributed by atoms with Gasteiger partial charge >= 0.3 is 6.18 Å². The van der Waals surface area contributed by atoms with Crippen molar-refractivity contribution in [1.82, 2.24) is 14.8 Å². The Morgan fingerprint density at radius 1 is 1.29 bits per heavy atom. The van der Waals surface area contributed by atoms with Gasteiger partial charge in [-0.2, -0.15) is 18.3 Å². The molecule has 1 aromatic carbocycles. The molecule has 0 atom stereocenters. The fourth-order valence-corrected chi connectivity index (χ4v) is 1.57. The average molecular weight is 262 g/mol. The molecule has 0 N–H and O–H groups in total. The molecule has 0 aliphatic rings. The van der Waals surface area contributed by atoms with Gasteiger partial charge in [-0.3, -0.25) is 0 Å². The third-order valence-electron chi connectivity index (χ3n) is 2.13. The van der Waals surface area contributed by atoms with E-state index < -0.39 is 11.7 Å². The van der Waals surface area contributed by atoms with Crippen LogP contribution >= 0.6 is 11.6 Å². The Balaban J connectivity index is 2.51. The minimum atomic E-state index is -4.48. The second-order valence-electron chi connectivity index (χ2n) is 3.40. The highest BCUT2D eigenvalue weighted by atomic mass is 35.5. The van der Waals surface area contributed by atoms with E-state index in [9.17, 15) is 13.2 Å². The number of alkyl halides is 3. The van der Waals surface area contributed by atoms with E-state index in [1.807, 2.05) is 0 Å². The van der Waals surface area contributed by atoms with Crippen molar-refractivity contribution in [3.63, 3.8) is 0 Å². The summed E-state index contributed by atoms with van der Waals surface area (Å²) < 4.78 is 39.1. The molecule has 90 valence electrons. The van der Waals surface area contributed by atoms with E-state index >= 15 is 0 Å². The van der Waals surface area contributed by atoms with Gasteiger partial charge < -0.3 is 0 Å². The summed E-state index contributed by atoms with van der Waals surface area (Å²) in [5.41, 5.74) is -0.618. The Morgan fingerprint density at radius 3 is 2.53 bits per heavy atom. The first-order chi connectivity index (χ1) is 7.88. The molecular weight excluding hydrogens is 255 g/mol. The molecule has 17 heavy (non-hydrogen) atoms. The largest absolute Gasteiger partial charge is 0.417 e. The number of nitrogens with zero attached hydrogens (tertiary/aromatic N) is 3. The van der Waals surface area contributed by atoms with E-state index in [0.717, 1.165) is 6.07 Å². The molecule has 0 fully saturated rings. The number of halogens is 4. The molecule has 2 aromatic rings. The van der Waals surface area contributed by atoms with Gasteiger partial charge in [0.2, 0.25) is 0 Å². The maximum Gasteiger partial charge on any atom is 0.417 e. The number of aryl methyl sites for hydroxylation is 1. The predicted molar refractivity (Wildman–Crippen MR) is 56.1 cm³/mol. The topological polar surface area (TPSA) is 30.7 Å². The zero-order chi connectivity index (χ0) is 12.6. The fourth-order valence-electron chi connectivity index (χ4n) is 1.34. The van der Waals surface area contributed by atoms with Crippen LogP contribution in [0.5, 0.6) is 0 Å². The predicted octanol–water partition coefficient (Wildman–Crippen LogP) is 3.25. The van der Waals surface area contributed by atoms with Crippen molar-refractivity contribution in [2.75, 3.05) is 0 Å². The van der Waals surface area contributed by atoms with Crippen LogP contribution in [0, 0.1) is 6.92 Å². The summed E-state index contributed by atoms with van der Waals surface area (Å²) >= 11 is 5.51. The molecule has 0 bridgehead atoms. The van der Waals surface area contributed by atoms with Crippen LogP contribution < -0.4 is 0 Å². The molecule has 7 heteroatoms. The summed E-state index contributed by atoms with van der Waals surface area (Å²) in [6, 6.07) is 3.58. The lowest BCUT2D eigenvalue weighted by atomic mass is 10.2. The minimum Gasteiger partial charge on any atom is -0.221 e. The lowest BCUT2D eigenvalue weighted by Gasteiger charge is -2.10. The Labute approximate surface area is 99.8 Å². The molecule has 1 aromatic heterocycles. The van der Waals surface area contributed by atoms with Gasteiger partial charge in [0.25, 0.3) is 0 Å². The zero-order valence-corrected chi connectivity index (χ0v) is 9.42. The molecule has 0 spiro atoms. The van der Waals surface area contributed by atoms with Crippen molar-refractivity contribution >= 4 is 11.6 Å². The van der Waals surface area contributed by atoms with E-state index in [4.69, 9.17) is 11.6 Å². The molecule has 0 radical (unpaired) electrons. The van der Waals surface area contributed by atoms with E-state index in [1.54, 1.807) is 6.92 Å². The van der Waals surface area contributed by atoms with Gasteiger partial charge in [-0.05, 0) is 25.1 Å². The maximum absolute atomic E-state index is 12.6. The lowest BCUT2D eigenvalue weighted by Crippen LogP contribution is -2.07. The van der Waals surface area contributed by atoms with Crippen LogP contribution in [0.1, 0.15) is 11.4 Å². The van der Waals surface area contributed by atoms with Gasteiger partial charge in [-0.15, -0.1) is 0 Å². The molecule has 0 amide bonds. The van der Waals surface area contributed by atoms with Gasteiger partial charge in [0.05, 0.1) is 16.3 Å². The Bertz CT molecular complexity index is 548. The smallest absolute Gasteiger partial charge is 0.221 e. The van der Waals surface area contributed by atoms with Crippen LogP contribution in [0.3, 0.4) is 0 Å². The molecule has 0 saturated carbocycles. The van der Waals surface area contributed by atoms with E-state index in [-0.39, 0.29) is 10.7 Å². The van der Waals surface area contributed by atoms with Gasteiger partial charge in [0.1, 0.15) is 12.2 Å². The van der Waals surface area contributed by atoms with Gasteiger partial charge in [0, 0.05) is 0 Å². The van der Waals surface area contributed by atoms with Crippen LogP contribution in [-0.4, -0.2) is 14.8 Å². The molecule has 0 aliphatic carbocycles. The van der Waals surface area contributed by atoms with Gasteiger partial charge in [0.15, 0.2) is 0 Å². The molecule has 0 aliphatic heterocycles. The molecular formula is C10H7ClF3N3. The van der Waals surface area contributed by atoms with E-state index in [0.29, 0.717) is 5.82 Å². The fraction of sp³-hybridized carbons (Fsp3) is 0.200. The number of aromatic nitrogens is 3. The van der Waals surface area contributed by atoms with Gasteiger partial charge in [-0.1, -0.05) is 11.6 Å². The van der Waals surface area contributed by atoms with Crippen LogP contribution in [0.25, 0.3) is 5.69 Å². The molecule has 0 saturated heterocycles.